The van der Waals surface area contributed by atoms with E-state index in [-0.39, 0.29) is 6.10 Å². The van der Waals surface area contributed by atoms with Crippen LogP contribution in [0, 0.1) is 0 Å². The standard InChI is InChI=1S/C9H19NO/c1-4-9(11)7-5-6-8-10(2)3/h5-6,9,11H,4,7-8H2,1-3H3/b6-5-. The summed E-state index contributed by atoms with van der Waals surface area (Å²) in [7, 11) is 4.06. The Balaban J connectivity index is 3.29. The minimum Gasteiger partial charge on any atom is -0.393 e. The maximum atomic E-state index is 9.16. The zero-order valence-corrected chi connectivity index (χ0v) is 7.75. The van der Waals surface area contributed by atoms with Gasteiger partial charge in [0.25, 0.3) is 0 Å². The number of hydrogen-bond donors (Lipinski definition) is 1. The lowest BCUT2D eigenvalue weighted by Gasteiger charge is -2.05. The van der Waals surface area contributed by atoms with Crippen LogP contribution in [0.4, 0.5) is 0 Å². The van der Waals surface area contributed by atoms with E-state index in [0.717, 1.165) is 19.4 Å². The van der Waals surface area contributed by atoms with Crippen molar-refractivity contribution in [3.8, 4) is 0 Å². The van der Waals surface area contributed by atoms with Gasteiger partial charge in [0.1, 0.15) is 0 Å². The third kappa shape index (κ3) is 7.56. The Labute approximate surface area is 69.5 Å². The summed E-state index contributed by atoms with van der Waals surface area (Å²) in [6.45, 7) is 2.95. The van der Waals surface area contributed by atoms with Gasteiger partial charge >= 0.3 is 0 Å². The molecule has 1 atom stereocenters. The predicted molar refractivity (Wildman–Crippen MR) is 48.6 cm³/mol. The first-order chi connectivity index (χ1) is 5.16. The molecule has 0 spiro atoms. The molecule has 0 heterocycles. The average Bonchev–Trinajstić information content (AvgIpc) is 1.97. The first-order valence-electron chi connectivity index (χ1n) is 4.14. The third-order valence-electron chi connectivity index (χ3n) is 1.52. The normalized spacial score (nSPS) is 14.6. The van der Waals surface area contributed by atoms with Gasteiger partial charge in [-0.15, -0.1) is 0 Å². The van der Waals surface area contributed by atoms with Crippen molar-refractivity contribution in [2.75, 3.05) is 20.6 Å². The van der Waals surface area contributed by atoms with Crippen LogP contribution in [0.1, 0.15) is 19.8 Å². The Morgan fingerprint density at radius 3 is 2.45 bits per heavy atom. The number of nitrogens with zero attached hydrogens (tertiary/aromatic N) is 1. The minimum absolute atomic E-state index is 0.159. The van der Waals surface area contributed by atoms with Crippen LogP contribution < -0.4 is 0 Å². The van der Waals surface area contributed by atoms with E-state index in [2.05, 4.69) is 11.0 Å². The third-order valence-corrected chi connectivity index (χ3v) is 1.52. The molecule has 0 bridgehead atoms. The monoisotopic (exact) mass is 157 g/mol. The van der Waals surface area contributed by atoms with Crippen LogP contribution in [-0.2, 0) is 0 Å². The highest BCUT2D eigenvalue weighted by Crippen LogP contribution is 1.96. The number of aliphatic hydroxyl groups excluding tert-OH is 1. The van der Waals surface area contributed by atoms with E-state index >= 15 is 0 Å². The molecule has 0 fully saturated rings. The Bertz CT molecular complexity index is 110. The van der Waals surface area contributed by atoms with Gasteiger partial charge in [-0.3, -0.25) is 0 Å². The SMILES string of the molecule is CCC(O)C/C=C\CN(C)C. The van der Waals surface area contributed by atoms with Crippen molar-refractivity contribution >= 4 is 0 Å². The van der Waals surface area contributed by atoms with Gasteiger partial charge in [-0.1, -0.05) is 19.1 Å². The molecule has 2 nitrogen and oxygen atoms in total. The van der Waals surface area contributed by atoms with Crippen LogP contribution in [0.5, 0.6) is 0 Å². The summed E-state index contributed by atoms with van der Waals surface area (Å²) in [5.41, 5.74) is 0. The lowest BCUT2D eigenvalue weighted by atomic mass is 10.2. The van der Waals surface area contributed by atoms with Gasteiger partial charge in [0.15, 0.2) is 0 Å². The summed E-state index contributed by atoms with van der Waals surface area (Å²) >= 11 is 0. The fourth-order valence-corrected chi connectivity index (χ4v) is 0.705. The van der Waals surface area contributed by atoms with Crippen LogP contribution >= 0.6 is 0 Å². The molecule has 11 heavy (non-hydrogen) atoms. The van der Waals surface area contributed by atoms with Gasteiger partial charge in [-0.2, -0.15) is 0 Å². The smallest absolute Gasteiger partial charge is 0.0572 e. The van der Waals surface area contributed by atoms with E-state index < -0.39 is 0 Å². The highest BCUT2D eigenvalue weighted by atomic mass is 16.3. The fourth-order valence-electron chi connectivity index (χ4n) is 0.705. The molecule has 66 valence electrons. The molecule has 0 aliphatic heterocycles. The summed E-state index contributed by atoms with van der Waals surface area (Å²) in [6.07, 6.45) is 5.58. The topological polar surface area (TPSA) is 23.5 Å². The molecule has 0 amide bonds. The van der Waals surface area contributed by atoms with Gasteiger partial charge < -0.3 is 10.0 Å². The van der Waals surface area contributed by atoms with Crippen molar-refractivity contribution in [2.24, 2.45) is 0 Å². The molecule has 1 unspecified atom stereocenters. The summed E-state index contributed by atoms with van der Waals surface area (Å²) in [5, 5.41) is 9.16. The lowest BCUT2D eigenvalue weighted by molar-refractivity contribution is 0.173. The highest BCUT2D eigenvalue weighted by molar-refractivity contribution is 4.85. The molecular formula is C9H19NO. The molecule has 0 aliphatic carbocycles. The molecular weight excluding hydrogens is 138 g/mol. The Hall–Kier alpha value is -0.340. The molecule has 0 saturated carbocycles. The second kappa shape index (κ2) is 6.38. The quantitative estimate of drug-likeness (QED) is 0.607. The molecule has 0 saturated heterocycles. The minimum atomic E-state index is -0.159. The van der Waals surface area contributed by atoms with Gasteiger partial charge in [-0.05, 0) is 26.9 Å². The second-order valence-corrected chi connectivity index (χ2v) is 3.03. The van der Waals surface area contributed by atoms with Gasteiger partial charge in [0.05, 0.1) is 6.10 Å². The lowest BCUT2D eigenvalue weighted by Crippen LogP contribution is -2.10. The van der Waals surface area contributed by atoms with E-state index in [1.165, 1.54) is 0 Å². The zero-order chi connectivity index (χ0) is 8.69. The maximum Gasteiger partial charge on any atom is 0.0572 e. The molecule has 0 rings (SSSR count). The Morgan fingerprint density at radius 2 is 2.00 bits per heavy atom. The summed E-state index contributed by atoms with van der Waals surface area (Å²) in [5.74, 6) is 0. The number of hydrogen-bond acceptors (Lipinski definition) is 2. The summed E-state index contributed by atoms with van der Waals surface area (Å²) in [4.78, 5) is 2.09. The van der Waals surface area contributed by atoms with E-state index in [0.29, 0.717) is 0 Å². The van der Waals surface area contributed by atoms with Crippen LogP contribution in [0.25, 0.3) is 0 Å². The largest absolute Gasteiger partial charge is 0.393 e. The average molecular weight is 157 g/mol. The Morgan fingerprint density at radius 1 is 1.36 bits per heavy atom. The first-order valence-corrected chi connectivity index (χ1v) is 4.14. The fraction of sp³-hybridized carbons (Fsp3) is 0.778. The van der Waals surface area contributed by atoms with E-state index in [1.807, 2.05) is 27.1 Å². The van der Waals surface area contributed by atoms with Crippen molar-refractivity contribution in [1.29, 1.82) is 0 Å². The first kappa shape index (κ1) is 10.7. The molecule has 1 N–H and O–H groups in total. The molecule has 0 aromatic carbocycles. The van der Waals surface area contributed by atoms with Crippen molar-refractivity contribution in [1.82, 2.24) is 4.90 Å². The predicted octanol–water partition coefficient (Wildman–Crippen LogP) is 1.27. The summed E-state index contributed by atoms with van der Waals surface area (Å²) < 4.78 is 0. The number of likely N-dealkylation sites (N-methyl/N-ethyl adjacent to an activating group) is 1. The van der Waals surface area contributed by atoms with E-state index in [9.17, 15) is 0 Å². The number of aliphatic hydroxyl groups is 1. The maximum absolute atomic E-state index is 9.16. The van der Waals surface area contributed by atoms with Gasteiger partial charge in [0, 0.05) is 6.54 Å². The van der Waals surface area contributed by atoms with E-state index in [1.54, 1.807) is 0 Å². The number of rotatable bonds is 5. The van der Waals surface area contributed by atoms with Crippen LogP contribution in [0.3, 0.4) is 0 Å². The van der Waals surface area contributed by atoms with Crippen molar-refractivity contribution in [3.63, 3.8) is 0 Å². The van der Waals surface area contributed by atoms with Gasteiger partial charge in [0.2, 0.25) is 0 Å². The molecule has 0 aliphatic rings. The summed E-state index contributed by atoms with van der Waals surface area (Å²) in [6, 6.07) is 0. The second-order valence-electron chi connectivity index (χ2n) is 3.03. The van der Waals surface area contributed by atoms with E-state index in [4.69, 9.17) is 5.11 Å². The van der Waals surface area contributed by atoms with Crippen molar-refractivity contribution < 1.29 is 5.11 Å². The molecule has 2 heteroatoms. The molecule has 0 radical (unpaired) electrons. The molecule has 0 aromatic heterocycles. The van der Waals surface area contributed by atoms with Crippen LogP contribution in [-0.4, -0.2) is 36.8 Å². The van der Waals surface area contributed by atoms with Crippen LogP contribution in [0.2, 0.25) is 0 Å². The molecule has 0 aromatic rings. The van der Waals surface area contributed by atoms with Gasteiger partial charge in [-0.25, -0.2) is 0 Å². The van der Waals surface area contributed by atoms with Crippen molar-refractivity contribution in [3.05, 3.63) is 12.2 Å². The highest BCUT2D eigenvalue weighted by Gasteiger charge is 1.94. The van der Waals surface area contributed by atoms with Crippen molar-refractivity contribution in [2.45, 2.75) is 25.9 Å². The Kier molecular flexibility index (Phi) is 6.18. The van der Waals surface area contributed by atoms with Crippen LogP contribution in [0.15, 0.2) is 12.2 Å². The zero-order valence-electron chi connectivity index (χ0n) is 7.75.